The molecule has 0 bridgehead atoms. The number of ether oxygens (including phenoxy) is 4. The fourth-order valence-electron chi connectivity index (χ4n) is 4.71. The number of hydrogen-bond donors (Lipinski definition) is 8. The molecule has 8 N–H and O–H groups in total. The van der Waals surface area contributed by atoms with E-state index < -0.39 is 78.3 Å². The summed E-state index contributed by atoms with van der Waals surface area (Å²) in [6, 6.07) is 7.71. The van der Waals surface area contributed by atoms with Gasteiger partial charge in [0.05, 0.1) is 12.2 Å². The minimum atomic E-state index is -1.76. The second-order valence-corrected chi connectivity index (χ2v) is 10.1. The lowest BCUT2D eigenvalue weighted by Crippen LogP contribution is -2.58. The normalized spacial score (nSPS) is 34.0. The van der Waals surface area contributed by atoms with Gasteiger partial charge in [0, 0.05) is 17.7 Å². The molecule has 3 aromatic rings. The average Bonchev–Trinajstić information content (AvgIpc) is 2.93. The lowest BCUT2D eigenvalue weighted by molar-refractivity contribution is -0.268. The molecule has 3 heterocycles. The number of fused-ring (bicyclic) bond motifs is 1. The Bertz CT molecular complexity index is 1460. The van der Waals surface area contributed by atoms with Crippen molar-refractivity contribution in [1.29, 1.82) is 0 Å². The molecule has 1 aromatic heterocycles. The molecule has 0 radical (unpaired) electrons. The van der Waals surface area contributed by atoms with Gasteiger partial charge in [-0.3, -0.25) is 4.79 Å². The van der Waals surface area contributed by atoms with E-state index in [0.29, 0.717) is 0 Å². The highest BCUT2D eigenvalue weighted by Gasteiger charge is 2.45. The maximum absolute atomic E-state index is 13.7. The zero-order valence-electron chi connectivity index (χ0n) is 21.8. The molecular formula is C27H30O14. The lowest BCUT2D eigenvalue weighted by Gasteiger charge is -2.39. The van der Waals surface area contributed by atoms with Crippen molar-refractivity contribution in [1.82, 2.24) is 0 Å². The van der Waals surface area contributed by atoms with Crippen LogP contribution >= 0.6 is 0 Å². The van der Waals surface area contributed by atoms with Crippen molar-refractivity contribution in [2.24, 2.45) is 0 Å². The molecule has 2 aromatic carbocycles. The molecule has 2 saturated heterocycles. The summed E-state index contributed by atoms with van der Waals surface area (Å²) >= 11 is 0. The Labute approximate surface area is 231 Å². The number of rotatable bonds is 5. The molecular weight excluding hydrogens is 548 g/mol. The van der Waals surface area contributed by atoms with Gasteiger partial charge in [0.1, 0.15) is 64.8 Å². The van der Waals surface area contributed by atoms with Crippen LogP contribution in [0.1, 0.15) is 13.8 Å². The fourth-order valence-corrected chi connectivity index (χ4v) is 4.71. The molecule has 0 amide bonds. The molecule has 222 valence electrons. The summed E-state index contributed by atoms with van der Waals surface area (Å²) in [6.45, 7) is 2.90. The fraction of sp³-hybridized carbons (Fsp3) is 0.444. The van der Waals surface area contributed by atoms with E-state index in [-0.39, 0.29) is 33.8 Å². The van der Waals surface area contributed by atoms with Crippen LogP contribution in [0.5, 0.6) is 23.0 Å². The number of phenolic OH excluding ortho intramolecular Hbond substituents is 2. The highest BCUT2D eigenvalue weighted by molar-refractivity contribution is 5.88. The van der Waals surface area contributed by atoms with Gasteiger partial charge in [0.2, 0.25) is 23.8 Å². The Morgan fingerprint density at radius 3 is 1.80 bits per heavy atom. The van der Waals surface area contributed by atoms with Crippen LogP contribution in [0.2, 0.25) is 0 Å². The summed E-state index contributed by atoms with van der Waals surface area (Å²) in [5.41, 5.74) is -0.865. The van der Waals surface area contributed by atoms with Crippen molar-refractivity contribution in [3.8, 4) is 34.3 Å². The molecule has 2 aliphatic heterocycles. The summed E-state index contributed by atoms with van der Waals surface area (Å²) < 4.78 is 28.2. The zero-order valence-corrected chi connectivity index (χ0v) is 21.8. The second-order valence-electron chi connectivity index (χ2n) is 10.1. The molecule has 41 heavy (non-hydrogen) atoms. The van der Waals surface area contributed by atoms with Crippen LogP contribution in [-0.4, -0.2) is 102 Å². The highest BCUT2D eigenvalue weighted by Crippen LogP contribution is 2.38. The van der Waals surface area contributed by atoms with E-state index in [0.717, 1.165) is 6.07 Å². The van der Waals surface area contributed by atoms with Crippen LogP contribution in [-0.2, 0) is 9.47 Å². The van der Waals surface area contributed by atoms with E-state index in [1.807, 2.05) is 0 Å². The van der Waals surface area contributed by atoms with Crippen molar-refractivity contribution in [3.63, 3.8) is 0 Å². The van der Waals surface area contributed by atoms with Gasteiger partial charge in [0.25, 0.3) is 0 Å². The Morgan fingerprint density at radius 1 is 0.707 bits per heavy atom. The first-order valence-electron chi connectivity index (χ1n) is 12.7. The monoisotopic (exact) mass is 578 g/mol. The van der Waals surface area contributed by atoms with E-state index in [4.69, 9.17) is 23.4 Å². The predicted octanol–water partition coefficient (Wildman–Crippen LogP) is -0.716. The van der Waals surface area contributed by atoms with Gasteiger partial charge in [-0.05, 0) is 38.1 Å². The van der Waals surface area contributed by atoms with Crippen LogP contribution in [0.4, 0.5) is 0 Å². The molecule has 10 atom stereocenters. The molecule has 0 spiro atoms. The Hall–Kier alpha value is -3.47. The van der Waals surface area contributed by atoms with Crippen LogP contribution in [0.3, 0.4) is 0 Å². The van der Waals surface area contributed by atoms with Crippen molar-refractivity contribution >= 4 is 11.0 Å². The second kappa shape index (κ2) is 11.1. The van der Waals surface area contributed by atoms with Crippen molar-refractivity contribution in [2.75, 3.05) is 0 Å². The molecule has 5 rings (SSSR count). The van der Waals surface area contributed by atoms with Crippen LogP contribution in [0.15, 0.2) is 45.6 Å². The van der Waals surface area contributed by atoms with Crippen molar-refractivity contribution < 1.29 is 64.2 Å². The van der Waals surface area contributed by atoms with E-state index >= 15 is 0 Å². The summed E-state index contributed by atoms with van der Waals surface area (Å²) in [5.74, 6) is -1.55. The molecule has 2 aliphatic rings. The molecule has 2 unspecified atom stereocenters. The zero-order chi connectivity index (χ0) is 29.7. The number of phenols is 2. The number of aliphatic hydroxyl groups excluding tert-OH is 6. The Balaban J connectivity index is 1.58. The molecule has 14 heteroatoms. The van der Waals surface area contributed by atoms with Crippen molar-refractivity contribution in [3.05, 3.63) is 46.6 Å². The van der Waals surface area contributed by atoms with Gasteiger partial charge in [-0.2, -0.15) is 0 Å². The minimum Gasteiger partial charge on any atom is -0.508 e. The summed E-state index contributed by atoms with van der Waals surface area (Å²) in [6.07, 6.45) is -14.3. The Morgan fingerprint density at radius 2 is 1.24 bits per heavy atom. The number of aliphatic hydroxyl groups is 6. The minimum absolute atomic E-state index is 0.0859. The maximum Gasteiger partial charge on any atom is 0.239 e. The average molecular weight is 579 g/mol. The van der Waals surface area contributed by atoms with Gasteiger partial charge < -0.3 is 64.2 Å². The van der Waals surface area contributed by atoms with Gasteiger partial charge >= 0.3 is 0 Å². The van der Waals surface area contributed by atoms with Gasteiger partial charge in [-0.25, -0.2) is 0 Å². The third-order valence-electron chi connectivity index (χ3n) is 7.14. The molecule has 14 nitrogen and oxygen atoms in total. The third-order valence-corrected chi connectivity index (χ3v) is 7.14. The predicted molar refractivity (Wildman–Crippen MR) is 137 cm³/mol. The smallest absolute Gasteiger partial charge is 0.239 e. The van der Waals surface area contributed by atoms with Crippen molar-refractivity contribution in [2.45, 2.75) is 75.3 Å². The lowest BCUT2D eigenvalue weighted by atomic mass is 10.00. The van der Waals surface area contributed by atoms with Gasteiger partial charge in [0.15, 0.2) is 5.76 Å². The standard InChI is InChI=1S/C27H30O14/c1-9-17(30)20(33)22(35)26(37-9)39-13-7-14(29)16-15(8-13)40-24(11-3-5-12(28)6-4-11)25(19(16)32)41-27-23(36)21(34)18(31)10(2)38-27/h3-10,17-18,20-23,26-31,33-36H,1-2H3/t9-,10-,17-,18-,20+,21+,22+,23+,26?,27?/m0/s1. The molecule has 2 fully saturated rings. The third kappa shape index (κ3) is 5.31. The van der Waals surface area contributed by atoms with E-state index in [9.17, 15) is 45.6 Å². The van der Waals surface area contributed by atoms with E-state index in [2.05, 4.69) is 0 Å². The quantitative estimate of drug-likeness (QED) is 0.187. The number of aromatic hydroxyl groups is 2. The van der Waals surface area contributed by atoms with Crippen LogP contribution in [0, 0.1) is 0 Å². The largest absolute Gasteiger partial charge is 0.508 e. The first-order valence-corrected chi connectivity index (χ1v) is 12.7. The van der Waals surface area contributed by atoms with Gasteiger partial charge in [-0.1, -0.05) is 0 Å². The first-order chi connectivity index (χ1) is 19.4. The van der Waals surface area contributed by atoms with Gasteiger partial charge in [-0.15, -0.1) is 0 Å². The molecule has 0 aliphatic carbocycles. The van der Waals surface area contributed by atoms with E-state index in [1.54, 1.807) is 0 Å². The van der Waals surface area contributed by atoms with Crippen LogP contribution in [0.25, 0.3) is 22.3 Å². The SMILES string of the molecule is C[C@@H]1OC(Oc2cc(O)c3c(=O)c(OC4O[C@@H](C)[C@H](O)[C@@H](O)[C@H]4O)c(-c4ccc(O)cc4)oc3c2)[C@H](O)[C@H](O)[C@H]1O. The topological polar surface area (TPSA) is 229 Å². The molecule has 0 saturated carbocycles. The first kappa shape index (κ1) is 29.0. The summed E-state index contributed by atoms with van der Waals surface area (Å²) in [4.78, 5) is 13.7. The summed E-state index contributed by atoms with van der Waals surface area (Å²) in [5, 5.41) is 81.1. The van der Waals surface area contributed by atoms with E-state index in [1.165, 1.54) is 44.2 Å². The number of hydrogen-bond acceptors (Lipinski definition) is 14. The summed E-state index contributed by atoms with van der Waals surface area (Å²) in [7, 11) is 0. The maximum atomic E-state index is 13.7. The van der Waals surface area contributed by atoms with Crippen LogP contribution < -0.4 is 14.9 Å². The highest BCUT2D eigenvalue weighted by atomic mass is 16.7. The number of benzene rings is 2. The Kier molecular flexibility index (Phi) is 7.84.